The number of ether oxygens (including phenoxy) is 2. The average Bonchev–Trinajstić information content (AvgIpc) is 2.97. The Morgan fingerprint density at radius 3 is 2.59 bits per heavy atom. The third-order valence-electron chi connectivity index (χ3n) is 3.74. The first kappa shape index (κ1) is 19.7. The third-order valence-corrected chi connectivity index (χ3v) is 5.24. The summed E-state index contributed by atoms with van der Waals surface area (Å²) >= 11 is 13.5. The monoisotopic (exact) mass is 424 g/mol. The van der Waals surface area contributed by atoms with Crippen LogP contribution in [0.15, 0.2) is 41.3 Å². The summed E-state index contributed by atoms with van der Waals surface area (Å²) < 4.78 is 10.9. The fourth-order valence-corrected chi connectivity index (χ4v) is 3.88. The third kappa shape index (κ3) is 4.83. The van der Waals surface area contributed by atoms with Gasteiger partial charge < -0.3 is 20.1 Å². The molecule has 1 aliphatic heterocycles. The Labute approximate surface area is 172 Å². The lowest BCUT2D eigenvalue weighted by molar-refractivity contribution is -0.116. The van der Waals surface area contributed by atoms with Gasteiger partial charge in [0.05, 0.1) is 24.3 Å². The van der Waals surface area contributed by atoms with Gasteiger partial charge in [-0.15, -0.1) is 0 Å². The summed E-state index contributed by atoms with van der Waals surface area (Å²) in [5, 5.41) is 7.25. The second-order valence-corrected chi connectivity index (χ2v) is 7.60. The Bertz CT molecular complexity index is 889. The highest BCUT2D eigenvalue weighted by Gasteiger charge is 2.28. The summed E-state index contributed by atoms with van der Waals surface area (Å²) in [5.41, 5.74) is 1.09. The Morgan fingerprint density at radius 1 is 1.19 bits per heavy atom. The lowest BCUT2D eigenvalue weighted by Gasteiger charge is -2.15. The zero-order valence-electron chi connectivity index (χ0n) is 14.7. The zero-order valence-corrected chi connectivity index (χ0v) is 17.0. The van der Waals surface area contributed by atoms with E-state index in [2.05, 4.69) is 10.6 Å². The summed E-state index contributed by atoms with van der Waals surface area (Å²) in [6.07, 6.45) is 1.77. The zero-order chi connectivity index (χ0) is 19.4. The summed E-state index contributed by atoms with van der Waals surface area (Å²) in [6.45, 7) is 2.43. The van der Waals surface area contributed by atoms with Crippen LogP contribution >= 0.6 is 35.0 Å². The van der Waals surface area contributed by atoms with Crippen LogP contribution in [0.3, 0.4) is 0 Å². The van der Waals surface area contributed by atoms with Crippen molar-refractivity contribution in [1.82, 2.24) is 5.32 Å². The second-order valence-electron chi connectivity index (χ2n) is 5.58. The van der Waals surface area contributed by atoms with Gasteiger partial charge in [-0.3, -0.25) is 4.79 Å². The molecule has 1 amide bonds. The maximum absolute atomic E-state index is 12.4. The molecule has 2 aromatic carbocycles. The van der Waals surface area contributed by atoms with Gasteiger partial charge in [0, 0.05) is 15.6 Å². The molecule has 27 heavy (non-hydrogen) atoms. The van der Waals surface area contributed by atoms with Gasteiger partial charge in [-0.25, -0.2) is 0 Å². The molecule has 0 bridgehead atoms. The number of nitrogens with one attached hydrogen (secondary N) is 2. The molecule has 1 aliphatic rings. The van der Waals surface area contributed by atoms with Crippen LogP contribution < -0.4 is 20.1 Å². The van der Waals surface area contributed by atoms with Crippen molar-refractivity contribution in [1.29, 1.82) is 0 Å². The smallest absolute Gasteiger partial charge is 0.260 e. The van der Waals surface area contributed by atoms with Crippen molar-refractivity contribution in [3.8, 4) is 11.5 Å². The van der Waals surface area contributed by atoms with Gasteiger partial charge in [0.1, 0.15) is 11.5 Å². The van der Waals surface area contributed by atoms with Gasteiger partial charge in [-0.1, -0.05) is 35.0 Å². The van der Waals surface area contributed by atoms with Crippen LogP contribution in [0.1, 0.15) is 12.5 Å². The van der Waals surface area contributed by atoms with Crippen molar-refractivity contribution >= 4 is 52.6 Å². The Kier molecular flexibility index (Phi) is 6.42. The fraction of sp³-hybridized carbons (Fsp3) is 0.211. The first-order chi connectivity index (χ1) is 13.0. The minimum atomic E-state index is -0.356. The summed E-state index contributed by atoms with van der Waals surface area (Å²) in [7, 11) is 1.58. The highest BCUT2D eigenvalue weighted by molar-refractivity contribution is 8.05. The van der Waals surface area contributed by atoms with E-state index in [9.17, 15) is 4.79 Å². The molecule has 3 rings (SSSR count). The largest absolute Gasteiger partial charge is 0.495 e. The second kappa shape index (κ2) is 8.78. The van der Waals surface area contributed by atoms with Gasteiger partial charge >= 0.3 is 0 Å². The van der Waals surface area contributed by atoms with Crippen LogP contribution in [0.5, 0.6) is 11.5 Å². The van der Waals surface area contributed by atoms with E-state index < -0.39 is 0 Å². The summed E-state index contributed by atoms with van der Waals surface area (Å²) in [5.74, 6) is 1.14. The molecular weight excluding hydrogens is 407 g/mol. The first-order valence-electron chi connectivity index (χ1n) is 8.21. The van der Waals surface area contributed by atoms with Crippen molar-refractivity contribution < 1.29 is 14.3 Å². The van der Waals surface area contributed by atoms with Crippen LogP contribution in [0.4, 0.5) is 5.69 Å². The maximum Gasteiger partial charge on any atom is 0.260 e. The predicted molar refractivity (Wildman–Crippen MR) is 112 cm³/mol. The number of hydrogen-bond donors (Lipinski definition) is 2. The number of amides is 1. The van der Waals surface area contributed by atoms with Crippen molar-refractivity contribution in [2.75, 3.05) is 19.0 Å². The topological polar surface area (TPSA) is 59.6 Å². The Hall–Kier alpha value is -2.02. The Morgan fingerprint density at radius 2 is 1.89 bits per heavy atom. The number of methoxy groups -OCH3 is 1. The van der Waals surface area contributed by atoms with Crippen LogP contribution in [0.2, 0.25) is 10.0 Å². The lowest BCUT2D eigenvalue weighted by atomic mass is 10.2. The van der Waals surface area contributed by atoms with E-state index in [0.29, 0.717) is 38.7 Å². The molecule has 0 radical (unpaired) electrons. The van der Waals surface area contributed by atoms with Gasteiger partial charge in [0.15, 0.2) is 5.50 Å². The number of anilines is 1. The van der Waals surface area contributed by atoms with Crippen LogP contribution in [0, 0.1) is 0 Å². The fourth-order valence-electron chi connectivity index (χ4n) is 2.56. The maximum atomic E-state index is 12.4. The average molecular weight is 425 g/mol. The summed E-state index contributed by atoms with van der Waals surface area (Å²) in [4.78, 5) is 12.9. The molecule has 1 saturated heterocycles. The van der Waals surface area contributed by atoms with E-state index >= 15 is 0 Å². The van der Waals surface area contributed by atoms with E-state index in [1.54, 1.807) is 49.6 Å². The van der Waals surface area contributed by atoms with Crippen molar-refractivity contribution in [3.05, 3.63) is 56.9 Å². The molecule has 1 unspecified atom stereocenters. The number of carbonyl (C=O) groups is 1. The van der Waals surface area contributed by atoms with E-state index in [1.807, 2.05) is 6.92 Å². The normalized spacial score (nSPS) is 17.7. The van der Waals surface area contributed by atoms with E-state index in [-0.39, 0.29) is 11.4 Å². The predicted octanol–water partition coefficient (Wildman–Crippen LogP) is 5.00. The highest BCUT2D eigenvalue weighted by Crippen LogP contribution is 2.35. The van der Waals surface area contributed by atoms with Crippen LogP contribution in [-0.2, 0) is 4.79 Å². The Balaban J connectivity index is 1.81. The molecule has 0 saturated carbocycles. The van der Waals surface area contributed by atoms with Crippen molar-refractivity contribution in [2.45, 2.75) is 12.4 Å². The molecule has 2 N–H and O–H groups in total. The quantitative estimate of drug-likeness (QED) is 0.638. The number of hydrogen-bond acceptors (Lipinski definition) is 5. The van der Waals surface area contributed by atoms with Gasteiger partial charge in [0.2, 0.25) is 0 Å². The van der Waals surface area contributed by atoms with Crippen LogP contribution in [-0.4, -0.2) is 25.1 Å². The van der Waals surface area contributed by atoms with Gasteiger partial charge in [0.25, 0.3) is 5.91 Å². The number of thioether (sulfide) groups is 1. The standard InChI is InChI=1S/C19H18Cl2N2O3S/c1-3-26-15-6-4-12(20)8-11(15)9-17-18(24)23-19(27-17)22-14-10-13(21)5-7-16(14)25-2/h4-10,19,22H,3H2,1-2H3,(H,23,24)/b17-9-. The van der Waals surface area contributed by atoms with Crippen LogP contribution in [0.25, 0.3) is 6.08 Å². The number of rotatable bonds is 6. The molecule has 2 aromatic rings. The molecule has 1 fully saturated rings. The minimum Gasteiger partial charge on any atom is -0.495 e. The highest BCUT2D eigenvalue weighted by atomic mass is 35.5. The van der Waals surface area contributed by atoms with E-state index in [4.69, 9.17) is 32.7 Å². The molecule has 142 valence electrons. The molecule has 1 atom stereocenters. The molecule has 1 heterocycles. The van der Waals surface area contributed by atoms with E-state index in [1.165, 1.54) is 11.8 Å². The SMILES string of the molecule is CCOc1ccc(Cl)cc1/C=C1\SC(Nc2cc(Cl)ccc2OC)NC1=O. The van der Waals surface area contributed by atoms with Crippen molar-refractivity contribution in [2.24, 2.45) is 0 Å². The molecule has 8 heteroatoms. The van der Waals surface area contributed by atoms with Gasteiger partial charge in [-0.05, 0) is 49.4 Å². The molecule has 0 aliphatic carbocycles. The molecular formula is C19H18Cl2N2O3S. The number of halogens is 2. The summed E-state index contributed by atoms with van der Waals surface area (Å²) in [6, 6.07) is 10.6. The first-order valence-corrected chi connectivity index (χ1v) is 9.85. The molecule has 0 spiro atoms. The lowest BCUT2D eigenvalue weighted by Crippen LogP contribution is -2.31. The minimum absolute atomic E-state index is 0.180. The van der Waals surface area contributed by atoms with Gasteiger partial charge in [-0.2, -0.15) is 0 Å². The molecule has 5 nitrogen and oxygen atoms in total. The van der Waals surface area contributed by atoms with E-state index in [0.717, 1.165) is 5.56 Å². The molecule has 0 aromatic heterocycles. The van der Waals surface area contributed by atoms with Crippen molar-refractivity contribution in [3.63, 3.8) is 0 Å². The number of carbonyl (C=O) groups excluding carboxylic acids is 1. The number of benzene rings is 2.